The van der Waals surface area contributed by atoms with Gasteiger partial charge in [-0.3, -0.25) is 18.6 Å². The van der Waals surface area contributed by atoms with E-state index in [0.717, 1.165) is 77.0 Å². The van der Waals surface area contributed by atoms with Gasteiger partial charge in [-0.25, -0.2) is 4.57 Å². The minimum Gasteiger partial charge on any atom is -0.461 e. The molecule has 73 heavy (non-hydrogen) atoms. The van der Waals surface area contributed by atoms with Crippen LogP contribution in [0.4, 0.5) is 0 Å². The highest BCUT2D eigenvalue weighted by Gasteiger charge is 2.26. The number of esters is 2. The predicted octanol–water partition coefficient (Wildman–Crippen LogP) is 18.4. The number of hydrogen-bond donors (Lipinski definition) is 2. The van der Waals surface area contributed by atoms with Crippen LogP contribution in [0.25, 0.3) is 0 Å². The van der Waals surface area contributed by atoms with Crippen molar-refractivity contribution in [1.29, 1.82) is 0 Å². The van der Waals surface area contributed by atoms with E-state index < -0.39 is 32.5 Å². The third kappa shape index (κ3) is 57.5. The van der Waals surface area contributed by atoms with Crippen LogP contribution in [-0.2, 0) is 32.7 Å². The summed E-state index contributed by atoms with van der Waals surface area (Å²) in [7, 11) is -4.41. The quantitative estimate of drug-likeness (QED) is 0.0264. The molecule has 0 spiro atoms. The van der Waals surface area contributed by atoms with E-state index in [1.54, 1.807) is 6.08 Å². The highest BCUT2D eigenvalue weighted by molar-refractivity contribution is 7.47. The van der Waals surface area contributed by atoms with Gasteiger partial charge in [0, 0.05) is 13.0 Å². The Labute approximate surface area is 447 Å². The summed E-state index contributed by atoms with van der Waals surface area (Å²) in [5.41, 5.74) is 5.37. The van der Waals surface area contributed by atoms with E-state index >= 15 is 0 Å². The Morgan fingerprint density at radius 3 is 1.12 bits per heavy atom. The number of ether oxygens (including phenoxy) is 2. The fourth-order valence-electron chi connectivity index (χ4n) is 7.68. The summed E-state index contributed by atoms with van der Waals surface area (Å²) in [5.74, 6) is -0.977. The number of unbranched alkanes of at least 4 members (excludes halogenated alkanes) is 21. The van der Waals surface area contributed by atoms with E-state index in [4.69, 9.17) is 24.3 Å². The van der Waals surface area contributed by atoms with Crippen molar-refractivity contribution in [3.8, 4) is 0 Å². The number of carbonyl (C=O) groups excluding carboxylic acids is 2. The van der Waals surface area contributed by atoms with E-state index in [9.17, 15) is 19.0 Å². The molecule has 9 nitrogen and oxygen atoms in total. The molecule has 0 saturated carbocycles. The lowest BCUT2D eigenvalue weighted by atomic mass is 10.0. The lowest BCUT2D eigenvalue weighted by molar-refractivity contribution is -0.160. The second-order valence-electron chi connectivity index (χ2n) is 18.8. The first-order valence-electron chi connectivity index (χ1n) is 29.0. The molecule has 0 bridgehead atoms. The van der Waals surface area contributed by atoms with Crippen molar-refractivity contribution in [2.45, 2.75) is 238 Å². The second-order valence-corrected chi connectivity index (χ2v) is 20.2. The Morgan fingerprint density at radius 1 is 0.425 bits per heavy atom. The Morgan fingerprint density at radius 2 is 0.753 bits per heavy atom. The topological polar surface area (TPSA) is 134 Å². The molecular weight excluding hydrogens is 930 g/mol. The Balaban J connectivity index is 3.90. The highest BCUT2D eigenvalue weighted by Crippen LogP contribution is 2.43. The van der Waals surface area contributed by atoms with Crippen molar-refractivity contribution in [1.82, 2.24) is 0 Å². The van der Waals surface area contributed by atoms with Crippen molar-refractivity contribution in [2.75, 3.05) is 26.4 Å². The van der Waals surface area contributed by atoms with Crippen LogP contribution in [0.5, 0.6) is 0 Å². The van der Waals surface area contributed by atoms with Gasteiger partial charge in [-0.1, -0.05) is 257 Å². The van der Waals surface area contributed by atoms with Gasteiger partial charge in [-0.2, -0.15) is 0 Å². The molecule has 0 aliphatic rings. The molecule has 0 heterocycles. The molecule has 3 N–H and O–H groups in total. The Kier molecular flexibility index (Phi) is 54.8. The molecule has 0 aliphatic heterocycles. The molecule has 0 aromatic carbocycles. The maximum atomic E-state index is 12.7. The first-order valence-corrected chi connectivity index (χ1v) is 30.5. The Hall–Kier alpha value is -3.59. The summed E-state index contributed by atoms with van der Waals surface area (Å²) in [6, 6.07) is 0. The Bertz CT molecular complexity index is 1600. The summed E-state index contributed by atoms with van der Waals surface area (Å²) in [4.78, 5) is 35.0. The summed E-state index contributed by atoms with van der Waals surface area (Å²) >= 11 is 0. The zero-order chi connectivity index (χ0) is 53.1. The third-order valence-corrected chi connectivity index (χ3v) is 12.9. The number of hydrogen-bond acceptors (Lipinski definition) is 8. The van der Waals surface area contributed by atoms with Crippen LogP contribution in [0.1, 0.15) is 232 Å². The minimum atomic E-state index is -4.41. The van der Waals surface area contributed by atoms with Gasteiger partial charge in [0.05, 0.1) is 19.6 Å². The smallest absolute Gasteiger partial charge is 0.461 e. The molecule has 0 rings (SSSR count). The molecule has 0 aromatic rings. The number of carbonyl (C=O) groups is 2. The van der Waals surface area contributed by atoms with Gasteiger partial charge in [0.1, 0.15) is 6.61 Å². The molecule has 0 aliphatic carbocycles. The molecule has 416 valence electrons. The molecule has 0 amide bonds. The number of phosphoric ester groups is 1. The monoisotopic (exact) mass is 1040 g/mol. The van der Waals surface area contributed by atoms with Gasteiger partial charge in [0.25, 0.3) is 0 Å². The average molecular weight is 1040 g/mol. The van der Waals surface area contributed by atoms with Gasteiger partial charge >= 0.3 is 19.8 Å². The van der Waals surface area contributed by atoms with Crippen LogP contribution in [0.15, 0.2) is 122 Å². The summed E-state index contributed by atoms with van der Waals surface area (Å²) in [6.45, 7) is 3.40. The first kappa shape index (κ1) is 69.4. The molecule has 0 saturated heterocycles. The summed E-state index contributed by atoms with van der Waals surface area (Å²) in [6.07, 6.45) is 80.3. The van der Waals surface area contributed by atoms with Crippen molar-refractivity contribution in [2.24, 2.45) is 5.73 Å². The standard InChI is InChI=1S/C63H106NO8P/c1-3-5-7-9-11-13-15-17-19-20-21-22-23-24-25-26-27-28-29-30-31-32-33-34-35-36-37-38-39-40-42-44-46-48-50-52-54-56-63(66)72-61(60-71-73(67,68)70-58-57-64)59-69-62(65)55-53-51-49-47-45-43-41-18-16-14-12-10-8-6-4-2/h5-8,11-14,17-19,21-22,24-25,41,45,47,51,53,61H,3-4,9-10,15-16,20,23,26-40,42-44,46,48-50,52,54-60,64H2,1-2H3,(H,67,68)/b7-5-,8-6-,13-11-,14-12-,19-17-,22-21-,25-24-,41-18-,47-45-,53-51-. The first-order chi connectivity index (χ1) is 35.8. The van der Waals surface area contributed by atoms with Gasteiger partial charge < -0.3 is 20.1 Å². The lowest BCUT2D eigenvalue weighted by Gasteiger charge is -2.19. The van der Waals surface area contributed by atoms with E-state index in [0.29, 0.717) is 12.8 Å². The fraction of sp³-hybridized carbons (Fsp3) is 0.651. The van der Waals surface area contributed by atoms with E-state index in [-0.39, 0.29) is 32.6 Å². The molecular formula is C63H106NO8P. The van der Waals surface area contributed by atoms with E-state index in [1.807, 2.05) is 12.2 Å². The summed E-state index contributed by atoms with van der Waals surface area (Å²) in [5, 5.41) is 0. The maximum absolute atomic E-state index is 12.7. The zero-order valence-electron chi connectivity index (χ0n) is 46.3. The molecule has 2 unspecified atom stereocenters. The number of rotatable bonds is 53. The predicted molar refractivity (Wildman–Crippen MR) is 311 cm³/mol. The highest BCUT2D eigenvalue weighted by atomic mass is 31.2. The van der Waals surface area contributed by atoms with Crippen molar-refractivity contribution in [3.63, 3.8) is 0 Å². The maximum Gasteiger partial charge on any atom is 0.472 e. The van der Waals surface area contributed by atoms with Gasteiger partial charge in [0.2, 0.25) is 0 Å². The summed E-state index contributed by atoms with van der Waals surface area (Å²) < 4.78 is 32.8. The van der Waals surface area contributed by atoms with E-state index in [1.165, 1.54) is 116 Å². The van der Waals surface area contributed by atoms with Crippen molar-refractivity contribution >= 4 is 19.8 Å². The van der Waals surface area contributed by atoms with Crippen LogP contribution in [0, 0.1) is 0 Å². The zero-order valence-corrected chi connectivity index (χ0v) is 47.2. The van der Waals surface area contributed by atoms with E-state index in [2.05, 4.69) is 117 Å². The van der Waals surface area contributed by atoms with Crippen LogP contribution in [-0.4, -0.2) is 49.3 Å². The normalized spacial score (nSPS) is 14.0. The molecule has 2 atom stereocenters. The number of phosphoric acid groups is 1. The molecule has 0 aromatic heterocycles. The number of nitrogens with two attached hydrogens (primary N) is 1. The SMILES string of the molecule is CC/C=C\C/C=C\C/C=C\C/C=C\C/C=C\CCCCCCCCCCCCCCCCCCCCCCCC(=O)OC(COC(=O)C/C=C\C/C=C\C/C=C\C/C=C\C/C=C\CC)COP(=O)(O)OCCN. The van der Waals surface area contributed by atoms with Crippen LogP contribution in [0.2, 0.25) is 0 Å². The number of allylic oxidation sites excluding steroid dienone is 19. The third-order valence-electron chi connectivity index (χ3n) is 11.9. The second kappa shape index (κ2) is 57.7. The molecule has 0 fully saturated rings. The van der Waals surface area contributed by atoms with Crippen LogP contribution < -0.4 is 5.73 Å². The van der Waals surface area contributed by atoms with Crippen molar-refractivity contribution in [3.05, 3.63) is 122 Å². The molecule has 10 heteroatoms. The van der Waals surface area contributed by atoms with Gasteiger partial charge in [0.15, 0.2) is 6.10 Å². The largest absolute Gasteiger partial charge is 0.472 e. The van der Waals surface area contributed by atoms with Gasteiger partial charge in [-0.15, -0.1) is 0 Å². The van der Waals surface area contributed by atoms with Crippen molar-refractivity contribution < 1.29 is 37.6 Å². The fourth-order valence-corrected chi connectivity index (χ4v) is 8.44. The van der Waals surface area contributed by atoms with Gasteiger partial charge in [-0.05, 0) is 83.5 Å². The average Bonchev–Trinajstić information content (AvgIpc) is 3.38. The lowest BCUT2D eigenvalue weighted by Crippen LogP contribution is -2.29. The van der Waals surface area contributed by atoms with Crippen LogP contribution in [0.3, 0.4) is 0 Å². The minimum absolute atomic E-state index is 0.0379. The van der Waals surface area contributed by atoms with Crippen LogP contribution >= 0.6 is 7.82 Å². The molecule has 0 radical (unpaired) electrons.